The third kappa shape index (κ3) is 4.25. The fraction of sp³-hybridized carbons (Fsp3) is 0.267. The molecule has 7 heteroatoms. The maximum absolute atomic E-state index is 11.9. The molecule has 0 aliphatic heterocycles. The van der Waals surface area contributed by atoms with Gasteiger partial charge in [-0.2, -0.15) is 0 Å². The molecule has 1 aromatic heterocycles. The Morgan fingerprint density at radius 1 is 1.27 bits per heavy atom. The molecule has 1 heterocycles. The summed E-state index contributed by atoms with van der Waals surface area (Å²) in [6.07, 6.45) is 2.50. The van der Waals surface area contributed by atoms with E-state index in [4.69, 9.17) is 12.2 Å². The molecular formula is C15H16N4OS2. The molecule has 1 aliphatic carbocycles. The highest BCUT2D eigenvalue weighted by Crippen LogP contribution is 2.21. The zero-order valence-corrected chi connectivity index (χ0v) is 13.5. The summed E-state index contributed by atoms with van der Waals surface area (Å²) >= 11 is 6.55. The SMILES string of the molecule is O=C(Cc1nc(-c2ccccc2)cs1)NNC(=S)NC1CC1. The normalized spacial score (nSPS) is 13.5. The van der Waals surface area contributed by atoms with E-state index in [2.05, 4.69) is 21.2 Å². The van der Waals surface area contributed by atoms with Crippen LogP contribution in [0.2, 0.25) is 0 Å². The van der Waals surface area contributed by atoms with E-state index in [-0.39, 0.29) is 12.3 Å². The summed E-state index contributed by atoms with van der Waals surface area (Å²) in [6.45, 7) is 0. The first kappa shape index (κ1) is 14.9. The summed E-state index contributed by atoms with van der Waals surface area (Å²) in [5, 5.41) is 6.29. The number of hydrogen-bond donors (Lipinski definition) is 3. The lowest BCUT2D eigenvalue weighted by atomic mass is 10.2. The molecule has 3 N–H and O–H groups in total. The number of thiocarbonyl (C=S) groups is 1. The Hall–Kier alpha value is -1.99. The molecule has 1 fully saturated rings. The maximum Gasteiger partial charge on any atom is 0.245 e. The number of hydrazine groups is 1. The Morgan fingerprint density at radius 2 is 2.05 bits per heavy atom. The Morgan fingerprint density at radius 3 is 2.77 bits per heavy atom. The molecule has 114 valence electrons. The molecule has 1 aromatic carbocycles. The molecule has 1 saturated carbocycles. The fourth-order valence-corrected chi connectivity index (χ4v) is 2.91. The van der Waals surface area contributed by atoms with E-state index in [1.54, 1.807) is 0 Å². The van der Waals surface area contributed by atoms with Gasteiger partial charge in [-0.05, 0) is 25.1 Å². The van der Waals surface area contributed by atoms with Crippen molar-refractivity contribution in [3.05, 3.63) is 40.7 Å². The van der Waals surface area contributed by atoms with Crippen LogP contribution < -0.4 is 16.2 Å². The van der Waals surface area contributed by atoms with Gasteiger partial charge in [-0.25, -0.2) is 4.98 Å². The second kappa shape index (κ2) is 6.85. The highest BCUT2D eigenvalue weighted by molar-refractivity contribution is 7.80. The van der Waals surface area contributed by atoms with E-state index in [0.29, 0.717) is 11.2 Å². The molecule has 1 amide bonds. The molecule has 0 saturated heterocycles. The summed E-state index contributed by atoms with van der Waals surface area (Å²) in [7, 11) is 0. The molecule has 0 spiro atoms. The van der Waals surface area contributed by atoms with Crippen LogP contribution in [0.25, 0.3) is 11.3 Å². The van der Waals surface area contributed by atoms with Gasteiger partial charge in [-0.3, -0.25) is 15.6 Å². The number of benzene rings is 1. The topological polar surface area (TPSA) is 66.0 Å². The lowest BCUT2D eigenvalue weighted by Gasteiger charge is -2.10. The summed E-state index contributed by atoms with van der Waals surface area (Å²) in [5.41, 5.74) is 7.25. The lowest BCUT2D eigenvalue weighted by Crippen LogP contribution is -2.47. The molecule has 22 heavy (non-hydrogen) atoms. The highest BCUT2D eigenvalue weighted by atomic mass is 32.1. The largest absolute Gasteiger partial charge is 0.359 e. The minimum Gasteiger partial charge on any atom is -0.359 e. The average Bonchev–Trinajstić information content (AvgIpc) is 3.22. The number of thiazole rings is 1. The van der Waals surface area contributed by atoms with Crippen molar-refractivity contribution in [1.82, 2.24) is 21.2 Å². The first-order valence-electron chi connectivity index (χ1n) is 7.06. The number of nitrogens with zero attached hydrogens (tertiary/aromatic N) is 1. The van der Waals surface area contributed by atoms with Gasteiger partial charge in [-0.1, -0.05) is 30.3 Å². The van der Waals surface area contributed by atoms with Crippen LogP contribution in [0.4, 0.5) is 0 Å². The quantitative estimate of drug-likeness (QED) is 0.590. The average molecular weight is 332 g/mol. The van der Waals surface area contributed by atoms with E-state index in [1.165, 1.54) is 11.3 Å². The van der Waals surface area contributed by atoms with Crippen molar-refractivity contribution < 1.29 is 4.79 Å². The van der Waals surface area contributed by atoms with Crippen LogP contribution in [0, 0.1) is 0 Å². The van der Waals surface area contributed by atoms with Gasteiger partial charge < -0.3 is 5.32 Å². The number of amides is 1. The van der Waals surface area contributed by atoms with Crippen molar-refractivity contribution in [2.24, 2.45) is 0 Å². The summed E-state index contributed by atoms with van der Waals surface area (Å²) < 4.78 is 0. The standard InChI is InChI=1S/C15H16N4OS2/c20-13(18-19-15(21)16-11-6-7-11)8-14-17-12(9-22-14)10-4-2-1-3-5-10/h1-5,9,11H,6-8H2,(H,18,20)(H2,16,19,21). The first-order chi connectivity index (χ1) is 10.7. The smallest absolute Gasteiger partial charge is 0.245 e. The van der Waals surface area contributed by atoms with Gasteiger partial charge in [0.1, 0.15) is 5.01 Å². The number of hydrogen-bond acceptors (Lipinski definition) is 4. The van der Waals surface area contributed by atoms with Crippen LogP contribution in [0.1, 0.15) is 17.8 Å². The Balaban J connectivity index is 1.49. The van der Waals surface area contributed by atoms with Crippen LogP contribution in [0.15, 0.2) is 35.7 Å². The number of carbonyl (C=O) groups is 1. The van der Waals surface area contributed by atoms with Gasteiger partial charge >= 0.3 is 0 Å². The molecular weight excluding hydrogens is 316 g/mol. The molecule has 2 aromatic rings. The van der Waals surface area contributed by atoms with E-state index in [0.717, 1.165) is 29.1 Å². The summed E-state index contributed by atoms with van der Waals surface area (Å²) in [4.78, 5) is 16.4. The second-order valence-electron chi connectivity index (χ2n) is 5.09. The lowest BCUT2D eigenvalue weighted by molar-refractivity contribution is -0.121. The fourth-order valence-electron chi connectivity index (χ4n) is 1.89. The van der Waals surface area contributed by atoms with Gasteiger partial charge in [0.15, 0.2) is 5.11 Å². The van der Waals surface area contributed by atoms with Crippen molar-refractivity contribution in [1.29, 1.82) is 0 Å². The number of nitrogens with one attached hydrogen (secondary N) is 3. The van der Waals surface area contributed by atoms with Gasteiger partial charge in [-0.15, -0.1) is 11.3 Å². The van der Waals surface area contributed by atoms with Gasteiger partial charge in [0.2, 0.25) is 5.91 Å². The molecule has 0 unspecified atom stereocenters. The van der Waals surface area contributed by atoms with Crippen LogP contribution in [0.5, 0.6) is 0 Å². The van der Waals surface area contributed by atoms with Crippen LogP contribution in [-0.4, -0.2) is 22.0 Å². The van der Waals surface area contributed by atoms with Crippen molar-refractivity contribution in [3.8, 4) is 11.3 Å². The van der Waals surface area contributed by atoms with Crippen LogP contribution in [0.3, 0.4) is 0 Å². The highest BCUT2D eigenvalue weighted by Gasteiger charge is 2.21. The van der Waals surface area contributed by atoms with Crippen LogP contribution in [-0.2, 0) is 11.2 Å². The van der Waals surface area contributed by atoms with Crippen molar-refractivity contribution in [3.63, 3.8) is 0 Å². The molecule has 5 nitrogen and oxygen atoms in total. The summed E-state index contributed by atoms with van der Waals surface area (Å²) in [5.74, 6) is -0.158. The van der Waals surface area contributed by atoms with E-state index < -0.39 is 0 Å². The van der Waals surface area contributed by atoms with E-state index in [9.17, 15) is 4.79 Å². The van der Waals surface area contributed by atoms with Crippen molar-refractivity contribution in [2.75, 3.05) is 0 Å². The summed E-state index contributed by atoms with van der Waals surface area (Å²) in [6, 6.07) is 10.4. The van der Waals surface area contributed by atoms with Crippen LogP contribution >= 0.6 is 23.6 Å². The van der Waals surface area contributed by atoms with E-state index in [1.807, 2.05) is 35.7 Å². The third-order valence-electron chi connectivity index (χ3n) is 3.16. The zero-order valence-electron chi connectivity index (χ0n) is 11.8. The molecule has 0 atom stereocenters. The number of aromatic nitrogens is 1. The molecule has 1 aliphatic rings. The number of rotatable bonds is 4. The zero-order chi connectivity index (χ0) is 15.4. The Kier molecular flexibility index (Phi) is 4.65. The first-order valence-corrected chi connectivity index (χ1v) is 8.34. The van der Waals surface area contributed by atoms with Gasteiger partial charge in [0.25, 0.3) is 0 Å². The predicted octanol–water partition coefficient (Wildman–Crippen LogP) is 2.01. The Bertz CT molecular complexity index is 667. The molecule has 3 rings (SSSR count). The van der Waals surface area contributed by atoms with Crippen molar-refractivity contribution in [2.45, 2.75) is 25.3 Å². The third-order valence-corrected chi connectivity index (χ3v) is 4.23. The second-order valence-corrected chi connectivity index (χ2v) is 6.44. The minimum absolute atomic E-state index is 0.158. The maximum atomic E-state index is 11.9. The molecule has 0 bridgehead atoms. The minimum atomic E-state index is -0.158. The monoisotopic (exact) mass is 332 g/mol. The van der Waals surface area contributed by atoms with Crippen molar-refractivity contribution >= 4 is 34.6 Å². The Labute approximate surface area is 138 Å². The molecule has 0 radical (unpaired) electrons. The van der Waals surface area contributed by atoms with E-state index >= 15 is 0 Å². The number of carbonyl (C=O) groups excluding carboxylic acids is 1. The van der Waals surface area contributed by atoms with Gasteiger partial charge in [0.05, 0.1) is 12.1 Å². The van der Waals surface area contributed by atoms with Gasteiger partial charge in [0, 0.05) is 17.0 Å². The predicted molar refractivity (Wildman–Crippen MR) is 91.3 cm³/mol.